The first-order valence-electron chi connectivity index (χ1n) is 5.30. The average Bonchev–Trinajstić information content (AvgIpc) is 2.99. The Labute approximate surface area is 110 Å². The van der Waals surface area contributed by atoms with Gasteiger partial charge in [0.2, 0.25) is 5.09 Å². The van der Waals surface area contributed by atoms with Gasteiger partial charge in [-0.25, -0.2) is 8.42 Å². The minimum atomic E-state index is -3.59. The molecule has 0 spiro atoms. The highest BCUT2D eigenvalue weighted by Crippen LogP contribution is 2.20. The van der Waals surface area contributed by atoms with Crippen molar-refractivity contribution in [3.05, 3.63) is 40.3 Å². The van der Waals surface area contributed by atoms with E-state index in [9.17, 15) is 8.42 Å². The fraction of sp³-hybridized carbons (Fsp3) is 0.273. The molecule has 0 aliphatic carbocycles. The molecule has 0 atom stereocenters. The van der Waals surface area contributed by atoms with Crippen LogP contribution in [0.5, 0.6) is 0 Å². The molecule has 2 N–H and O–H groups in total. The minimum absolute atomic E-state index is 0.0688. The van der Waals surface area contributed by atoms with Crippen LogP contribution in [-0.2, 0) is 23.1 Å². The Kier molecular flexibility index (Phi) is 3.86. The van der Waals surface area contributed by atoms with Gasteiger partial charge in [-0.3, -0.25) is 0 Å². The maximum Gasteiger partial charge on any atom is 0.276 e. The second kappa shape index (κ2) is 5.23. The summed E-state index contributed by atoms with van der Waals surface area (Å²) in [6.07, 6.45) is 0. The van der Waals surface area contributed by atoms with Crippen LogP contribution in [0.1, 0.15) is 11.3 Å². The third-order valence-corrected chi connectivity index (χ3v) is 4.90. The first kappa shape index (κ1) is 13.3. The number of hydrogen-bond donors (Lipinski definition) is 1. The molecule has 0 aromatic carbocycles. The van der Waals surface area contributed by atoms with Gasteiger partial charge in [0.15, 0.2) is 0 Å². The third kappa shape index (κ3) is 2.64. The van der Waals surface area contributed by atoms with E-state index >= 15 is 0 Å². The van der Waals surface area contributed by atoms with E-state index in [4.69, 9.17) is 10.2 Å². The van der Waals surface area contributed by atoms with Gasteiger partial charge in [0.25, 0.3) is 10.0 Å². The predicted octanol–water partition coefficient (Wildman–Crippen LogP) is 1.62. The van der Waals surface area contributed by atoms with Crippen LogP contribution < -0.4 is 5.73 Å². The Hall–Kier alpha value is -1.15. The molecule has 2 rings (SSSR count). The highest BCUT2D eigenvalue weighted by Gasteiger charge is 2.24. The molecule has 5 nitrogen and oxygen atoms in total. The number of sulfonamides is 1. The molecule has 2 aromatic rings. The zero-order valence-electron chi connectivity index (χ0n) is 9.87. The van der Waals surface area contributed by atoms with E-state index in [1.54, 1.807) is 6.07 Å². The van der Waals surface area contributed by atoms with Crippen molar-refractivity contribution in [1.82, 2.24) is 4.31 Å². The molecule has 0 radical (unpaired) electrons. The fourth-order valence-electron chi connectivity index (χ4n) is 1.48. The average molecular weight is 286 g/mol. The maximum absolute atomic E-state index is 12.2. The molecule has 2 aromatic heterocycles. The van der Waals surface area contributed by atoms with E-state index in [1.165, 1.54) is 28.8 Å². The second-order valence-corrected chi connectivity index (χ2v) is 6.57. The first-order valence-corrected chi connectivity index (χ1v) is 7.68. The van der Waals surface area contributed by atoms with Crippen LogP contribution in [0.4, 0.5) is 0 Å². The molecular weight excluding hydrogens is 272 g/mol. The highest BCUT2D eigenvalue weighted by molar-refractivity contribution is 7.88. The van der Waals surface area contributed by atoms with Gasteiger partial charge < -0.3 is 10.2 Å². The summed E-state index contributed by atoms with van der Waals surface area (Å²) in [4.78, 5) is 0. The molecule has 0 aliphatic rings. The number of nitrogens with zero attached hydrogens (tertiary/aromatic N) is 1. The van der Waals surface area contributed by atoms with Crippen molar-refractivity contribution in [2.45, 2.75) is 18.2 Å². The van der Waals surface area contributed by atoms with E-state index < -0.39 is 10.0 Å². The Morgan fingerprint density at radius 3 is 2.72 bits per heavy atom. The number of nitrogens with two attached hydrogens (primary N) is 1. The van der Waals surface area contributed by atoms with Gasteiger partial charge >= 0.3 is 0 Å². The molecule has 0 fully saturated rings. The summed E-state index contributed by atoms with van der Waals surface area (Å²) < 4.78 is 30.8. The summed E-state index contributed by atoms with van der Waals surface area (Å²) in [7, 11) is -2.06. The quantitative estimate of drug-likeness (QED) is 0.906. The van der Waals surface area contributed by atoms with Crippen molar-refractivity contribution in [3.8, 4) is 0 Å². The van der Waals surface area contributed by atoms with E-state index in [-0.39, 0.29) is 11.6 Å². The molecule has 0 aliphatic heterocycles. The van der Waals surface area contributed by atoms with Crippen molar-refractivity contribution in [2.75, 3.05) is 7.05 Å². The molecule has 0 saturated carbocycles. The van der Waals surface area contributed by atoms with Gasteiger partial charge in [-0.05, 0) is 34.5 Å². The summed E-state index contributed by atoms with van der Waals surface area (Å²) in [6.45, 7) is 0.508. The number of thiophene rings is 1. The Balaban J connectivity index is 2.19. The molecule has 7 heteroatoms. The largest absolute Gasteiger partial charge is 0.447 e. The number of furan rings is 1. The van der Waals surface area contributed by atoms with Crippen molar-refractivity contribution in [1.29, 1.82) is 0 Å². The third-order valence-electron chi connectivity index (χ3n) is 2.49. The van der Waals surface area contributed by atoms with Crippen LogP contribution in [0, 0.1) is 0 Å². The lowest BCUT2D eigenvalue weighted by Crippen LogP contribution is -2.25. The van der Waals surface area contributed by atoms with Crippen molar-refractivity contribution in [3.63, 3.8) is 0 Å². The maximum atomic E-state index is 12.2. The van der Waals surface area contributed by atoms with Crippen LogP contribution in [0.25, 0.3) is 0 Å². The zero-order chi connectivity index (χ0) is 13.2. The Morgan fingerprint density at radius 1 is 1.39 bits per heavy atom. The molecule has 0 unspecified atom stereocenters. The van der Waals surface area contributed by atoms with Gasteiger partial charge in [0.1, 0.15) is 5.76 Å². The molecule has 98 valence electrons. The van der Waals surface area contributed by atoms with Gasteiger partial charge in [0, 0.05) is 13.6 Å². The fourth-order valence-corrected chi connectivity index (χ4v) is 3.22. The van der Waals surface area contributed by atoms with Crippen LogP contribution in [0.2, 0.25) is 0 Å². The molecule has 0 amide bonds. The number of rotatable bonds is 5. The van der Waals surface area contributed by atoms with Gasteiger partial charge in [0.05, 0.1) is 6.54 Å². The summed E-state index contributed by atoms with van der Waals surface area (Å²) in [6, 6.07) is 4.90. The van der Waals surface area contributed by atoms with Gasteiger partial charge in [-0.15, -0.1) is 0 Å². The SMILES string of the molecule is CN(Cc1ccsc1)S(=O)(=O)c1ccc(CN)o1. The Bertz CT molecular complexity index is 602. The summed E-state index contributed by atoms with van der Waals surface area (Å²) in [5.41, 5.74) is 6.35. The summed E-state index contributed by atoms with van der Waals surface area (Å²) >= 11 is 1.53. The second-order valence-electron chi connectivity index (χ2n) is 3.82. The normalized spacial score (nSPS) is 12.2. The minimum Gasteiger partial charge on any atom is -0.447 e. The lowest BCUT2D eigenvalue weighted by Gasteiger charge is -2.14. The van der Waals surface area contributed by atoms with E-state index in [0.717, 1.165) is 5.56 Å². The van der Waals surface area contributed by atoms with Crippen LogP contribution >= 0.6 is 11.3 Å². The zero-order valence-corrected chi connectivity index (χ0v) is 11.5. The van der Waals surface area contributed by atoms with Gasteiger partial charge in [-0.2, -0.15) is 15.6 Å². The molecule has 18 heavy (non-hydrogen) atoms. The van der Waals surface area contributed by atoms with E-state index in [2.05, 4.69) is 0 Å². The lowest BCUT2D eigenvalue weighted by molar-refractivity contribution is 0.387. The number of hydrogen-bond acceptors (Lipinski definition) is 5. The van der Waals surface area contributed by atoms with E-state index in [1.807, 2.05) is 16.8 Å². The monoisotopic (exact) mass is 286 g/mol. The molecule has 2 heterocycles. The van der Waals surface area contributed by atoms with Crippen molar-refractivity contribution in [2.24, 2.45) is 5.73 Å². The predicted molar refractivity (Wildman–Crippen MR) is 69.6 cm³/mol. The molecule has 0 bridgehead atoms. The topological polar surface area (TPSA) is 76.5 Å². The summed E-state index contributed by atoms with van der Waals surface area (Å²) in [5.74, 6) is 0.456. The van der Waals surface area contributed by atoms with Crippen molar-refractivity contribution < 1.29 is 12.8 Å². The van der Waals surface area contributed by atoms with Crippen LogP contribution in [0.15, 0.2) is 38.5 Å². The van der Waals surface area contributed by atoms with Crippen molar-refractivity contribution >= 4 is 21.4 Å². The van der Waals surface area contributed by atoms with E-state index in [0.29, 0.717) is 12.3 Å². The standard InChI is InChI=1S/C11H14N2O3S2/c1-13(7-9-4-5-17-8-9)18(14,15)11-3-2-10(6-12)16-11/h2-5,8H,6-7,12H2,1H3. The van der Waals surface area contributed by atoms with Gasteiger partial charge in [-0.1, -0.05) is 0 Å². The molecular formula is C11H14N2O3S2. The lowest BCUT2D eigenvalue weighted by atomic mass is 10.3. The molecule has 0 saturated heterocycles. The van der Waals surface area contributed by atoms with Crippen LogP contribution in [0.3, 0.4) is 0 Å². The first-order chi connectivity index (χ1) is 8.54. The smallest absolute Gasteiger partial charge is 0.276 e. The highest BCUT2D eigenvalue weighted by atomic mass is 32.2. The van der Waals surface area contributed by atoms with Crippen LogP contribution in [-0.4, -0.2) is 19.8 Å². The Morgan fingerprint density at radius 2 is 2.17 bits per heavy atom. The summed E-state index contributed by atoms with van der Waals surface area (Å²) in [5, 5.41) is 3.76.